The molecule has 0 radical (unpaired) electrons. The maximum atomic E-state index is 11.2. The van der Waals surface area contributed by atoms with E-state index in [1.807, 2.05) is 0 Å². The van der Waals surface area contributed by atoms with E-state index in [4.69, 9.17) is 0 Å². The van der Waals surface area contributed by atoms with Gasteiger partial charge in [0.05, 0.1) is 6.54 Å². The first-order chi connectivity index (χ1) is 7.18. The van der Waals surface area contributed by atoms with Crippen molar-refractivity contribution in [2.45, 2.75) is 26.3 Å². The Labute approximate surface area is 90.9 Å². The zero-order valence-electron chi connectivity index (χ0n) is 9.36. The van der Waals surface area contributed by atoms with E-state index in [-0.39, 0.29) is 0 Å². The summed E-state index contributed by atoms with van der Waals surface area (Å²) < 4.78 is 0. The summed E-state index contributed by atoms with van der Waals surface area (Å²) >= 11 is 0. The smallest absolute Gasteiger partial charge is 0.148 e. The highest BCUT2D eigenvalue weighted by Crippen LogP contribution is 2.25. The summed E-state index contributed by atoms with van der Waals surface area (Å²) in [6, 6.07) is 8.77. The molecule has 2 heteroatoms. The predicted molar refractivity (Wildman–Crippen MR) is 60.8 cm³/mol. The molecule has 1 aliphatic heterocycles. The van der Waals surface area contributed by atoms with Gasteiger partial charge < -0.3 is 0 Å². The number of benzene rings is 1. The van der Waals surface area contributed by atoms with Gasteiger partial charge in [-0.3, -0.25) is 9.69 Å². The number of hydrogen-bond acceptors (Lipinski definition) is 2. The first-order valence-electron chi connectivity index (χ1n) is 5.50. The summed E-state index contributed by atoms with van der Waals surface area (Å²) in [4.78, 5) is 13.5. The summed E-state index contributed by atoms with van der Waals surface area (Å²) in [5, 5.41) is 0. The topological polar surface area (TPSA) is 20.3 Å². The molecule has 0 spiro atoms. The first kappa shape index (κ1) is 10.4. The van der Waals surface area contributed by atoms with Gasteiger partial charge in [-0.15, -0.1) is 0 Å². The highest BCUT2D eigenvalue weighted by molar-refractivity contribution is 5.82. The molecular weight excluding hydrogens is 186 g/mol. The number of aryl methyl sites for hydroxylation is 1. The van der Waals surface area contributed by atoms with Crippen LogP contribution in [-0.2, 0) is 4.79 Å². The van der Waals surface area contributed by atoms with Crippen LogP contribution in [0.2, 0.25) is 0 Å². The van der Waals surface area contributed by atoms with Gasteiger partial charge in [-0.1, -0.05) is 24.3 Å². The summed E-state index contributed by atoms with van der Waals surface area (Å²) in [7, 11) is 0. The molecule has 0 bridgehead atoms. The van der Waals surface area contributed by atoms with E-state index in [0.717, 1.165) is 13.0 Å². The maximum absolute atomic E-state index is 11.2. The number of carbonyl (C=O) groups is 1. The molecule has 0 N–H and O–H groups in total. The lowest BCUT2D eigenvalue weighted by Gasteiger charge is -2.24. The Kier molecular flexibility index (Phi) is 2.87. The van der Waals surface area contributed by atoms with Gasteiger partial charge in [0.2, 0.25) is 0 Å². The van der Waals surface area contributed by atoms with Gasteiger partial charge in [0.25, 0.3) is 0 Å². The zero-order chi connectivity index (χ0) is 10.8. The Morgan fingerprint density at radius 3 is 2.67 bits per heavy atom. The Morgan fingerprint density at radius 1 is 1.33 bits per heavy atom. The molecule has 1 heterocycles. The molecule has 1 aromatic rings. The van der Waals surface area contributed by atoms with Crippen molar-refractivity contribution in [2.75, 3.05) is 13.1 Å². The van der Waals surface area contributed by atoms with Crippen LogP contribution in [0.1, 0.15) is 30.5 Å². The van der Waals surface area contributed by atoms with E-state index in [0.29, 0.717) is 18.4 Å². The van der Waals surface area contributed by atoms with Gasteiger partial charge in [-0.05, 0) is 25.0 Å². The minimum Gasteiger partial charge on any atom is -0.298 e. The molecule has 1 aliphatic rings. The predicted octanol–water partition coefficient (Wildman–Crippen LogP) is 2.33. The third kappa shape index (κ3) is 2.10. The van der Waals surface area contributed by atoms with Crippen LogP contribution in [0.5, 0.6) is 0 Å². The van der Waals surface area contributed by atoms with E-state index in [1.54, 1.807) is 0 Å². The lowest BCUT2D eigenvalue weighted by molar-refractivity contribution is -0.117. The number of carbonyl (C=O) groups excluding carboxylic acids is 1. The minimum absolute atomic E-state index is 0.359. The van der Waals surface area contributed by atoms with Crippen LogP contribution in [0.4, 0.5) is 0 Å². The second-order valence-corrected chi connectivity index (χ2v) is 4.29. The van der Waals surface area contributed by atoms with Gasteiger partial charge in [0.1, 0.15) is 5.78 Å². The van der Waals surface area contributed by atoms with E-state index in [2.05, 4.69) is 43.0 Å². The zero-order valence-corrected chi connectivity index (χ0v) is 9.36. The van der Waals surface area contributed by atoms with Crippen molar-refractivity contribution in [2.24, 2.45) is 0 Å². The van der Waals surface area contributed by atoms with Crippen LogP contribution in [0.25, 0.3) is 0 Å². The molecule has 1 fully saturated rings. The number of Topliss-reactive ketones (excluding diaryl/α,β-unsaturated/α-hetero) is 1. The molecule has 0 aliphatic carbocycles. The van der Waals surface area contributed by atoms with Crippen LogP contribution in [0, 0.1) is 6.92 Å². The van der Waals surface area contributed by atoms with Crippen LogP contribution in [-0.4, -0.2) is 23.8 Å². The molecule has 1 aromatic carbocycles. The fraction of sp³-hybridized carbons (Fsp3) is 0.462. The molecule has 15 heavy (non-hydrogen) atoms. The van der Waals surface area contributed by atoms with E-state index in [1.165, 1.54) is 11.1 Å². The molecule has 2 nitrogen and oxygen atoms in total. The van der Waals surface area contributed by atoms with Crippen molar-refractivity contribution in [1.82, 2.24) is 4.90 Å². The van der Waals surface area contributed by atoms with Crippen molar-refractivity contribution in [3.8, 4) is 0 Å². The highest BCUT2D eigenvalue weighted by Gasteiger charge is 2.25. The van der Waals surface area contributed by atoms with Crippen molar-refractivity contribution in [3.05, 3.63) is 35.4 Å². The monoisotopic (exact) mass is 203 g/mol. The van der Waals surface area contributed by atoms with Crippen molar-refractivity contribution < 1.29 is 4.79 Å². The SMILES string of the molecule is Cc1ccccc1C(C)N1CCC(=O)C1. The number of nitrogens with zero attached hydrogens (tertiary/aromatic N) is 1. The Hall–Kier alpha value is -1.15. The molecule has 0 saturated carbocycles. The summed E-state index contributed by atoms with van der Waals surface area (Å²) in [5.41, 5.74) is 2.65. The molecular formula is C13H17NO. The van der Waals surface area contributed by atoms with Gasteiger partial charge in [-0.25, -0.2) is 0 Å². The average Bonchev–Trinajstić information content (AvgIpc) is 2.65. The Balaban J connectivity index is 2.17. The minimum atomic E-state index is 0.359. The van der Waals surface area contributed by atoms with Crippen LogP contribution in [0.3, 0.4) is 0 Å². The van der Waals surface area contributed by atoms with Crippen molar-refractivity contribution >= 4 is 5.78 Å². The summed E-state index contributed by atoms with van der Waals surface area (Å²) in [6.07, 6.45) is 0.718. The number of rotatable bonds is 2. The quantitative estimate of drug-likeness (QED) is 0.735. The molecule has 2 rings (SSSR count). The average molecular weight is 203 g/mol. The van der Waals surface area contributed by atoms with E-state index < -0.39 is 0 Å². The number of likely N-dealkylation sites (tertiary alicyclic amines) is 1. The van der Waals surface area contributed by atoms with Crippen molar-refractivity contribution in [1.29, 1.82) is 0 Å². The van der Waals surface area contributed by atoms with Gasteiger partial charge in [0, 0.05) is 19.0 Å². The van der Waals surface area contributed by atoms with Crippen LogP contribution < -0.4 is 0 Å². The van der Waals surface area contributed by atoms with E-state index >= 15 is 0 Å². The summed E-state index contributed by atoms with van der Waals surface area (Å²) in [5.74, 6) is 0.371. The molecule has 1 unspecified atom stereocenters. The second kappa shape index (κ2) is 4.15. The third-order valence-electron chi connectivity index (χ3n) is 3.24. The fourth-order valence-electron chi connectivity index (χ4n) is 2.24. The highest BCUT2D eigenvalue weighted by atomic mass is 16.1. The van der Waals surface area contributed by atoms with Crippen LogP contribution >= 0.6 is 0 Å². The van der Waals surface area contributed by atoms with Crippen LogP contribution in [0.15, 0.2) is 24.3 Å². The molecule has 0 aromatic heterocycles. The first-order valence-corrected chi connectivity index (χ1v) is 5.50. The van der Waals surface area contributed by atoms with Gasteiger partial charge in [-0.2, -0.15) is 0 Å². The number of ketones is 1. The Bertz CT molecular complexity index is 373. The molecule has 0 amide bonds. The number of hydrogen-bond donors (Lipinski definition) is 0. The fourth-order valence-corrected chi connectivity index (χ4v) is 2.24. The maximum Gasteiger partial charge on any atom is 0.148 e. The lowest BCUT2D eigenvalue weighted by atomic mass is 10.0. The van der Waals surface area contributed by atoms with Gasteiger partial charge >= 0.3 is 0 Å². The van der Waals surface area contributed by atoms with Gasteiger partial charge in [0.15, 0.2) is 0 Å². The molecule has 80 valence electrons. The Morgan fingerprint density at radius 2 is 2.07 bits per heavy atom. The largest absolute Gasteiger partial charge is 0.298 e. The standard InChI is InChI=1S/C13H17NO/c1-10-5-3-4-6-13(10)11(2)14-8-7-12(15)9-14/h3-6,11H,7-9H2,1-2H3. The van der Waals surface area contributed by atoms with E-state index in [9.17, 15) is 4.79 Å². The summed E-state index contributed by atoms with van der Waals surface area (Å²) in [6.45, 7) is 5.84. The third-order valence-corrected chi connectivity index (χ3v) is 3.24. The normalized spacial score (nSPS) is 19.5. The molecule has 1 atom stereocenters. The second-order valence-electron chi connectivity index (χ2n) is 4.29. The van der Waals surface area contributed by atoms with Crippen molar-refractivity contribution in [3.63, 3.8) is 0 Å². The lowest BCUT2D eigenvalue weighted by Crippen LogP contribution is -2.25. The molecule has 1 saturated heterocycles.